The molecule has 0 aliphatic rings. The molecule has 0 spiro atoms. The van der Waals surface area contributed by atoms with Gasteiger partial charge < -0.3 is 15.6 Å². The number of nitrogens with one attached hydrogen (secondary N) is 1. The number of primary amides is 1. The first-order chi connectivity index (χ1) is 14.2. The quantitative estimate of drug-likeness (QED) is 0.518. The molecule has 2 heterocycles. The van der Waals surface area contributed by atoms with Crippen molar-refractivity contribution in [2.75, 3.05) is 5.32 Å². The van der Waals surface area contributed by atoms with Gasteiger partial charge in [-0.25, -0.2) is 4.98 Å². The van der Waals surface area contributed by atoms with Crippen LogP contribution >= 0.6 is 23.1 Å². The molecule has 30 heavy (non-hydrogen) atoms. The molecule has 0 aliphatic carbocycles. The molecule has 0 saturated carbocycles. The summed E-state index contributed by atoms with van der Waals surface area (Å²) in [5.41, 5.74) is 6.33. The fourth-order valence-electron chi connectivity index (χ4n) is 2.65. The Balaban J connectivity index is 1.83. The molecule has 0 aliphatic heterocycles. The number of hydrogen-bond acceptors (Lipinski definition) is 5. The lowest BCUT2D eigenvalue weighted by Gasteiger charge is -2.16. The van der Waals surface area contributed by atoms with Gasteiger partial charge in [-0.3, -0.25) is 9.59 Å². The molecule has 3 rings (SSSR count). The van der Waals surface area contributed by atoms with Gasteiger partial charge in [-0.1, -0.05) is 42.1 Å². The number of rotatable bonds is 7. The molecule has 158 valence electrons. The van der Waals surface area contributed by atoms with Crippen LogP contribution in [-0.4, -0.2) is 32.8 Å². The van der Waals surface area contributed by atoms with E-state index in [0.29, 0.717) is 16.3 Å². The van der Waals surface area contributed by atoms with Crippen LogP contribution in [0.4, 0.5) is 18.2 Å². The highest BCUT2D eigenvalue weighted by Crippen LogP contribution is 2.32. The van der Waals surface area contributed by atoms with Gasteiger partial charge in [-0.15, -0.1) is 11.3 Å². The van der Waals surface area contributed by atoms with Crippen molar-refractivity contribution in [2.45, 2.75) is 30.1 Å². The number of halogens is 3. The first-order valence-corrected chi connectivity index (χ1v) is 10.4. The van der Waals surface area contributed by atoms with E-state index in [1.807, 2.05) is 0 Å². The van der Waals surface area contributed by atoms with Gasteiger partial charge in [0.1, 0.15) is 11.5 Å². The van der Waals surface area contributed by atoms with Crippen LogP contribution in [0.25, 0.3) is 11.3 Å². The first kappa shape index (κ1) is 21.9. The zero-order valence-electron chi connectivity index (χ0n) is 15.6. The topological polar surface area (TPSA) is 90.0 Å². The number of thiophene rings is 1. The lowest BCUT2D eigenvalue weighted by molar-refractivity contribution is -0.141. The number of nitrogens with zero attached hydrogens (tertiary/aromatic N) is 2. The van der Waals surface area contributed by atoms with Crippen LogP contribution in [0, 0.1) is 0 Å². The molecule has 2 amide bonds. The second kappa shape index (κ2) is 8.92. The van der Waals surface area contributed by atoms with Gasteiger partial charge in [0.2, 0.25) is 5.91 Å². The van der Waals surface area contributed by atoms with Crippen molar-refractivity contribution in [1.29, 1.82) is 0 Å². The largest absolute Gasteiger partial charge is 0.406 e. The Hall–Kier alpha value is -2.79. The summed E-state index contributed by atoms with van der Waals surface area (Å²) >= 11 is 2.03. The number of thioether (sulfide) groups is 1. The van der Waals surface area contributed by atoms with Gasteiger partial charge in [0.25, 0.3) is 5.91 Å². The van der Waals surface area contributed by atoms with Crippen LogP contribution in [-0.2, 0) is 11.3 Å². The van der Waals surface area contributed by atoms with Gasteiger partial charge in [-0.05, 0) is 23.9 Å². The fourth-order valence-corrected chi connectivity index (χ4v) is 4.33. The van der Waals surface area contributed by atoms with Crippen LogP contribution in [0.1, 0.15) is 17.3 Å². The molecule has 0 bridgehead atoms. The van der Waals surface area contributed by atoms with Gasteiger partial charge in [0.15, 0.2) is 5.16 Å². The number of hydrogen-bond donors (Lipinski definition) is 2. The molecule has 6 nitrogen and oxygen atoms in total. The Labute approximate surface area is 178 Å². The molecule has 0 saturated heterocycles. The van der Waals surface area contributed by atoms with E-state index in [1.54, 1.807) is 42.6 Å². The molecule has 1 aromatic carbocycles. The van der Waals surface area contributed by atoms with Crippen molar-refractivity contribution in [3.8, 4) is 11.3 Å². The van der Waals surface area contributed by atoms with Crippen molar-refractivity contribution in [3.63, 3.8) is 0 Å². The Morgan fingerprint density at radius 2 is 1.97 bits per heavy atom. The number of benzene rings is 1. The van der Waals surface area contributed by atoms with Gasteiger partial charge in [0, 0.05) is 0 Å². The smallest absolute Gasteiger partial charge is 0.366 e. The Kier molecular flexibility index (Phi) is 6.52. The number of alkyl halides is 3. The van der Waals surface area contributed by atoms with Crippen LogP contribution in [0.15, 0.2) is 53.1 Å². The number of carbonyl (C=O) groups excluding carboxylic acids is 2. The number of aromatic nitrogens is 2. The minimum atomic E-state index is -4.46. The van der Waals surface area contributed by atoms with Gasteiger partial charge >= 0.3 is 6.18 Å². The van der Waals surface area contributed by atoms with Gasteiger partial charge in [0.05, 0.1) is 22.7 Å². The van der Waals surface area contributed by atoms with Crippen LogP contribution in [0.2, 0.25) is 0 Å². The van der Waals surface area contributed by atoms with Crippen LogP contribution in [0.3, 0.4) is 0 Å². The van der Waals surface area contributed by atoms with Gasteiger partial charge in [-0.2, -0.15) is 13.2 Å². The molecule has 3 aromatic rings. The minimum absolute atomic E-state index is 0.0649. The average molecular weight is 454 g/mol. The SMILES string of the molecule is CC(Sc1ncc(-c2ccccc2)n1CC(F)(F)F)C(=O)Nc1sccc1C(N)=O. The third-order valence-electron chi connectivity index (χ3n) is 4.04. The molecule has 2 aromatic heterocycles. The number of anilines is 1. The lowest BCUT2D eigenvalue weighted by Crippen LogP contribution is -2.25. The molecular formula is C19H17F3N4O2S2. The molecule has 0 fully saturated rings. The summed E-state index contributed by atoms with van der Waals surface area (Å²) in [6, 6.07) is 10.1. The maximum absolute atomic E-state index is 13.2. The summed E-state index contributed by atoms with van der Waals surface area (Å²) in [6.45, 7) is 0.316. The predicted octanol–water partition coefficient (Wildman–Crippen LogP) is 4.39. The van der Waals surface area contributed by atoms with E-state index < -0.39 is 29.8 Å². The van der Waals surface area contributed by atoms with Crippen molar-refractivity contribution >= 4 is 39.9 Å². The second-order valence-electron chi connectivity index (χ2n) is 6.27. The Morgan fingerprint density at radius 1 is 1.27 bits per heavy atom. The van der Waals surface area contributed by atoms with E-state index in [0.717, 1.165) is 27.7 Å². The molecule has 3 N–H and O–H groups in total. The number of imidazole rings is 1. The molecule has 11 heteroatoms. The zero-order valence-corrected chi connectivity index (χ0v) is 17.3. The summed E-state index contributed by atoms with van der Waals surface area (Å²) in [5, 5.41) is 3.79. The standard InChI is InChI=1S/C19H17F3N4O2S2/c1-11(16(28)25-17-13(15(23)27)7-8-29-17)30-18-24-9-14(12-5-3-2-4-6-12)26(18)10-19(20,21)22/h2-9,11H,10H2,1H3,(H2,23,27)(H,25,28). The third kappa shape index (κ3) is 5.22. The lowest BCUT2D eigenvalue weighted by atomic mass is 10.2. The molecule has 0 radical (unpaired) electrons. The molecular weight excluding hydrogens is 437 g/mol. The summed E-state index contributed by atoms with van der Waals surface area (Å²) in [7, 11) is 0. The van der Waals surface area contributed by atoms with Crippen molar-refractivity contribution in [1.82, 2.24) is 9.55 Å². The number of nitrogens with two attached hydrogens (primary N) is 1. The molecule has 1 atom stereocenters. The molecule has 1 unspecified atom stereocenters. The summed E-state index contributed by atoms with van der Waals surface area (Å²) in [6.07, 6.45) is -3.10. The first-order valence-electron chi connectivity index (χ1n) is 8.68. The minimum Gasteiger partial charge on any atom is -0.366 e. The highest BCUT2D eigenvalue weighted by atomic mass is 32.2. The monoisotopic (exact) mass is 454 g/mol. The Morgan fingerprint density at radius 3 is 2.60 bits per heavy atom. The van der Waals surface area contributed by atoms with E-state index in [2.05, 4.69) is 10.3 Å². The highest BCUT2D eigenvalue weighted by Gasteiger charge is 2.31. The average Bonchev–Trinajstić information content (AvgIpc) is 3.29. The normalized spacial score (nSPS) is 12.5. The summed E-state index contributed by atoms with van der Waals surface area (Å²) in [4.78, 5) is 28.0. The predicted molar refractivity (Wildman–Crippen MR) is 111 cm³/mol. The van der Waals surface area contributed by atoms with Crippen molar-refractivity contribution in [3.05, 3.63) is 53.5 Å². The third-order valence-corrected chi connectivity index (χ3v) is 5.98. The van der Waals surface area contributed by atoms with E-state index in [9.17, 15) is 22.8 Å². The summed E-state index contributed by atoms with van der Waals surface area (Å²) < 4.78 is 40.6. The van der Waals surface area contributed by atoms with Crippen molar-refractivity contribution in [2.24, 2.45) is 5.73 Å². The van der Waals surface area contributed by atoms with Crippen LogP contribution < -0.4 is 11.1 Å². The Bertz CT molecular complexity index is 1050. The van der Waals surface area contributed by atoms with Crippen LogP contribution in [0.5, 0.6) is 0 Å². The van der Waals surface area contributed by atoms with E-state index in [-0.39, 0.29) is 10.7 Å². The number of amides is 2. The van der Waals surface area contributed by atoms with E-state index in [4.69, 9.17) is 5.73 Å². The van der Waals surface area contributed by atoms with Crippen molar-refractivity contribution < 1.29 is 22.8 Å². The number of carbonyl (C=O) groups is 2. The second-order valence-corrected chi connectivity index (χ2v) is 8.49. The van der Waals surface area contributed by atoms with E-state index >= 15 is 0 Å². The zero-order chi connectivity index (χ0) is 21.9. The maximum Gasteiger partial charge on any atom is 0.406 e. The van der Waals surface area contributed by atoms with E-state index in [1.165, 1.54) is 12.3 Å². The summed E-state index contributed by atoms with van der Waals surface area (Å²) in [5.74, 6) is -1.16. The highest BCUT2D eigenvalue weighted by molar-refractivity contribution is 8.00. The fraction of sp³-hybridized carbons (Fsp3) is 0.211. The maximum atomic E-state index is 13.2.